The zero-order valence-electron chi connectivity index (χ0n) is 14.7. The first-order chi connectivity index (χ1) is 11.7. The fourth-order valence-corrected chi connectivity index (χ4v) is 2.98. The van der Waals surface area contributed by atoms with Crippen LogP contribution >= 0.6 is 0 Å². The van der Waals surface area contributed by atoms with Crippen molar-refractivity contribution < 1.29 is 14.3 Å². The summed E-state index contributed by atoms with van der Waals surface area (Å²) >= 11 is 0. The Kier molecular flexibility index (Phi) is 7.04. The highest BCUT2D eigenvalue weighted by Crippen LogP contribution is 2.22. The lowest BCUT2D eigenvalue weighted by Gasteiger charge is -2.02. The second-order valence-electron chi connectivity index (χ2n) is 6.25. The highest BCUT2D eigenvalue weighted by molar-refractivity contribution is 6.08. The van der Waals surface area contributed by atoms with Gasteiger partial charge in [-0.25, -0.2) is 4.79 Å². The van der Waals surface area contributed by atoms with E-state index in [1.54, 1.807) is 18.3 Å². The Bertz CT molecular complexity index is 687. The van der Waals surface area contributed by atoms with Crippen LogP contribution in [0.25, 0.3) is 10.9 Å². The highest BCUT2D eigenvalue weighted by Gasteiger charge is 2.14. The van der Waals surface area contributed by atoms with Crippen LogP contribution in [-0.2, 0) is 4.74 Å². The Morgan fingerprint density at radius 3 is 2.46 bits per heavy atom. The smallest absolute Gasteiger partial charge is 0.337 e. The molecule has 0 unspecified atom stereocenters. The lowest BCUT2D eigenvalue weighted by atomic mass is 10.0. The molecule has 4 heteroatoms. The van der Waals surface area contributed by atoms with E-state index in [9.17, 15) is 9.59 Å². The van der Waals surface area contributed by atoms with Crippen LogP contribution in [0.5, 0.6) is 0 Å². The summed E-state index contributed by atoms with van der Waals surface area (Å²) in [6.45, 7) is 2.22. The van der Waals surface area contributed by atoms with Crippen LogP contribution in [0.4, 0.5) is 0 Å². The molecule has 0 amide bonds. The number of esters is 1. The molecule has 0 aliphatic rings. The van der Waals surface area contributed by atoms with Gasteiger partial charge in [0.2, 0.25) is 0 Å². The molecule has 1 aromatic carbocycles. The van der Waals surface area contributed by atoms with Crippen molar-refractivity contribution in [3.63, 3.8) is 0 Å². The minimum atomic E-state index is -0.373. The number of hydrogen-bond acceptors (Lipinski definition) is 3. The second-order valence-corrected chi connectivity index (χ2v) is 6.25. The summed E-state index contributed by atoms with van der Waals surface area (Å²) < 4.78 is 4.72. The quantitative estimate of drug-likeness (QED) is 0.366. The topological polar surface area (TPSA) is 59.2 Å². The molecule has 0 saturated carbocycles. The van der Waals surface area contributed by atoms with Crippen LogP contribution < -0.4 is 0 Å². The molecule has 0 fully saturated rings. The molecule has 2 rings (SSSR count). The average molecular weight is 329 g/mol. The number of nitrogens with one attached hydrogen (secondary N) is 1. The normalized spacial score (nSPS) is 10.9. The molecule has 1 heterocycles. The fraction of sp³-hybridized carbons (Fsp3) is 0.500. The number of aromatic amines is 1. The minimum Gasteiger partial charge on any atom is -0.465 e. The highest BCUT2D eigenvalue weighted by atomic mass is 16.5. The summed E-state index contributed by atoms with van der Waals surface area (Å²) in [5.74, 6) is -0.205. The molecular formula is C20H27NO3. The first-order valence-corrected chi connectivity index (χ1v) is 8.90. The van der Waals surface area contributed by atoms with Crippen molar-refractivity contribution in [3.05, 3.63) is 35.5 Å². The molecule has 1 N–H and O–H groups in total. The van der Waals surface area contributed by atoms with E-state index in [1.165, 1.54) is 39.2 Å². The van der Waals surface area contributed by atoms with Crippen LogP contribution in [-0.4, -0.2) is 23.8 Å². The number of unbranched alkanes of at least 4 members (excludes halogenated alkanes) is 6. The van der Waals surface area contributed by atoms with Crippen molar-refractivity contribution in [2.24, 2.45) is 0 Å². The third kappa shape index (κ3) is 4.70. The van der Waals surface area contributed by atoms with Crippen molar-refractivity contribution in [1.82, 2.24) is 4.98 Å². The molecule has 0 aliphatic carbocycles. The second kappa shape index (κ2) is 9.26. The summed E-state index contributed by atoms with van der Waals surface area (Å²) in [5, 5.41) is 0.871. The van der Waals surface area contributed by atoms with Crippen LogP contribution in [0, 0.1) is 0 Å². The van der Waals surface area contributed by atoms with Crippen LogP contribution in [0.3, 0.4) is 0 Å². The van der Waals surface area contributed by atoms with Gasteiger partial charge in [-0.15, -0.1) is 0 Å². The fourth-order valence-electron chi connectivity index (χ4n) is 2.98. The van der Waals surface area contributed by atoms with Crippen molar-refractivity contribution >= 4 is 22.7 Å². The Balaban J connectivity index is 1.89. The number of aromatic nitrogens is 1. The van der Waals surface area contributed by atoms with E-state index in [2.05, 4.69) is 11.9 Å². The van der Waals surface area contributed by atoms with E-state index in [0.29, 0.717) is 17.5 Å². The number of carbonyl (C=O) groups excluding carboxylic acids is 2. The number of benzene rings is 1. The molecule has 1 aromatic heterocycles. The summed E-state index contributed by atoms with van der Waals surface area (Å²) in [5.41, 5.74) is 1.99. The van der Waals surface area contributed by atoms with E-state index in [1.807, 2.05) is 6.07 Å². The number of ether oxygens (including phenoxy) is 1. The largest absolute Gasteiger partial charge is 0.465 e. The number of rotatable bonds is 10. The number of methoxy groups -OCH3 is 1. The molecule has 4 nitrogen and oxygen atoms in total. The Morgan fingerprint density at radius 2 is 1.75 bits per heavy atom. The maximum absolute atomic E-state index is 12.4. The van der Waals surface area contributed by atoms with Gasteiger partial charge in [0, 0.05) is 29.1 Å². The van der Waals surface area contributed by atoms with Gasteiger partial charge in [0.25, 0.3) is 0 Å². The predicted octanol–water partition coefficient (Wildman–Crippen LogP) is 5.28. The van der Waals surface area contributed by atoms with Gasteiger partial charge in [0.1, 0.15) is 0 Å². The summed E-state index contributed by atoms with van der Waals surface area (Å²) in [7, 11) is 1.36. The molecule has 0 aliphatic heterocycles. The standard InChI is InChI=1S/C20H27NO3/c1-3-4-5-6-7-8-9-10-19(22)17-14-21-18-13-15(20(23)24-2)11-12-16(17)18/h11-14,21H,3-10H2,1-2H3. The summed E-state index contributed by atoms with van der Waals surface area (Å²) in [6, 6.07) is 5.24. The lowest BCUT2D eigenvalue weighted by molar-refractivity contribution is 0.0600. The Labute approximate surface area is 143 Å². The average Bonchev–Trinajstić information content (AvgIpc) is 3.03. The van der Waals surface area contributed by atoms with Crippen LogP contribution in [0.2, 0.25) is 0 Å². The zero-order chi connectivity index (χ0) is 17.4. The molecule has 24 heavy (non-hydrogen) atoms. The molecule has 0 saturated heterocycles. The zero-order valence-corrected chi connectivity index (χ0v) is 14.7. The number of H-pyrrole nitrogens is 1. The molecule has 0 spiro atoms. The molecule has 0 bridgehead atoms. The summed E-state index contributed by atoms with van der Waals surface area (Å²) in [4.78, 5) is 27.1. The Morgan fingerprint density at radius 1 is 1.04 bits per heavy atom. The maximum atomic E-state index is 12.4. The molecule has 130 valence electrons. The van der Waals surface area contributed by atoms with Crippen molar-refractivity contribution in [1.29, 1.82) is 0 Å². The van der Waals surface area contributed by atoms with Crippen molar-refractivity contribution in [2.75, 3.05) is 7.11 Å². The third-order valence-electron chi connectivity index (χ3n) is 4.41. The number of ketones is 1. The predicted molar refractivity (Wildman–Crippen MR) is 96.6 cm³/mol. The van der Waals surface area contributed by atoms with Crippen molar-refractivity contribution in [3.8, 4) is 0 Å². The Hall–Kier alpha value is -2.10. The first kappa shape index (κ1) is 18.2. The van der Waals surface area contributed by atoms with Gasteiger partial charge in [0.15, 0.2) is 5.78 Å². The van der Waals surface area contributed by atoms with Gasteiger partial charge >= 0.3 is 5.97 Å². The van der Waals surface area contributed by atoms with E-state index >= 15 is 0 Å². The van der Waals surface area contributed by atoms with Crippen molar-refractivity contribution in [2.45, 2.75) is 58.3 Å². The van der Waals surface area contributed by atoms with Gasteiger partial charge in [-0.2, -0.15) is 0 Å². The lowest BCUT2D eigenvalue weighted by Crippen LogP contribution is -2.01. The van der Waals surface area contributed by atoms with E-state index < -0.39 is 0 Å². The van der Waals surface area contributed by atoms with E-state index in [0.717, 1.165) is 23.7 Å². The van der Waals surface area contributed by atoms with Crippen LogP contribution in [0.15, 0.2) is 24.4 Å². The number of fused-ring (bicyclic) bond motifs is 1. The van der Waals surface area contributed by atoms with Crippen LogP contribution in [0.1, 0.15) is 79.0 Å². The third-order valence-corrected chi connectivity index (χ3v) is 4.41. The maximum Gasteiger partial charge on any atom is 0.337 e. The molecule has 2 aromatic rings. The monoisotopic (exact) mass is 329 g/mol. The van der Waals surface area contributed by atoms with Gasteiger partial charge in [-0.1, -0.05) is 51.5 Å². The molecule has 0 radical (unpaired) electrons. The van der Waals surface area contributed by atoms with Gasteiger partial charge in [-0.3, -0.25) is 4.79 Å². The van der Waals surface area contributed by atoms with E-state index in [-0.39, 0.29) is 11.8 Å². The SMILES string of the molecule is CCCCCCCCCC(=O)c1c[nH]c2cc(C(=O)OC)ccc12. The number of carbonyl (C=O) groups is 2. The first-order valence-electron chi connectivity index (χ1n) is 8.90. The van der Waals surface area contributed by atoms with Gasteiger partial charge < -0.3 is 9.72 Å². The summed E-state index contributed by atoms with van der Waals surface area (Å²) in [6.07, 6.45) is 10.7. The number of Topliss-reactive ketones (excluding diaryl/α,β-unsaturated/α-hetero) is 1. The van der Waals surface area contributed by atoms with E-state index in [4.69, 9.17) is 4.74 Å². The number of hydrogen-bond donors (Lipinski definition) is 1. The molecule has 0 atom stereocenters. The minimum absolute atomic E-state index is 0.167. The van der Waals surface area contributed by atoms with Gasteiger partial charge in [0.05, 0.1) is 12.7 Å². The van der Waals surface area contributed by atoms with Gasteiger partial charge in [-0.05, 0) is 18.6 Å². The molecular weight excluding hydrogens is 302 g/mol.